The second kappa shape index (κ2) is 29.6. The third-order valence-corrected chi connectivity index (χ3v) is 11.6. The van der Waals surface area contributed by atoms with Crippen molar-refractivity contribution in [3.05, 3.63) is 96.1 Å². The van der Waals surface area contributed by atoms with E-state index >= 15 is 0 Å². The number of quaternary nitrogens is 2. The highest BCUT2D eigenvalue weighted by molar-refractivity contribution is 5.86. The molecule has 0 aliphatic heterocycles. The van der Waals surface area contributed by atoms with Crippen molar-refractivity contribution in [3.8, 4) is 34.5 Å². The van der Waals surface area contributed by atoms with Gasteiger partial charge in [-0.1, -0.05) is 89.9 Å². The first-order valence-corrected chi connectivity index (χ1v) is 24.8. The van der Waals surface area contributed by atoms with Gasteiger partial charge in [0.15, 0.2) is 0 Å². The molecule has 0 heterocycles. The zero-order chi connectivity index (χ0) is 46.6. The molecule has 0 aromatic heterocycles. The van der Waals surface area contributed by atoms with Crippen LogP contribution in [0.3, 0.4) is 0 Å². The molecule has 0 aliphatic rings. The smallest absolute Gasteiger partial charge is 0.128 e. The summed E-state index contributed by atoms with van der Waals surface area (Å²) in [6, 6.07) is 25.7. The molecule has 0 saturated carbocycles. The maximum Gasteiger partial charge on any atom is 0.128 e. The topological polar surface area (TPSA) is 92.9 Å². The molecule has 0 fully saturated rings. The van der Waals surface area contributed by atoms with E-state index in [0.717, 1.165) is 33.2 Å². The van der Waals surface area contributed by atoms with Gasteiger partial charge >= 0.3 is 0 Å². The summed E-state index contributed by atoms with van der Waals surface area (Å²) in [5.74, 6) is 2.98. The number of aromatic hydroxyl groups is 2. The number of rotatable bonds is 34. The van der Waals surface area contributed by atoms with E-state index in [1.165, 1.54) is 129 Å². The second-order valence-electron chi connectivity index (χ2n) is 19.8. The van der Waals surface area contributed by atoms with Gasteiger partial charge in [0.1, 0.15) is 34.5 Å². The van der Waals surface area contributed by atoms with Crippen LogP contribution < -0.4 is 14.2 Å². The first kappa shape index (κ1) is 52.8. The Morgan fingerprint density at radius 2 is 0.677 bits per heavy atom. The van der Waals surface area contributed by atoms with E-state index in [4.69, 9.17) is 14.2 Å². The minimum Gasteiger partial charge on any atom is -0.507 e. The van der Waals surface area contributed by atoms with Crippen LogP contribution in [0.25, 0.3) is 0 Å². The molecule has 0 atom stereocenters. The van der Waals surface area contributed by atoms with E-state index < -0.39 is 0 Å². The van der Waals surface area contributed by atoms with E-state index in [-0.39, 0.29) is 11.5 Å². The molecule has 0 aliphatic carbocycles. The van der Waals surface area contributed by atoms with Gasteiger partial charge in [-0.3, -0.25) is 9.98 Å². The van der Waals surface area contributed by atoms with Gasteiger partial charge in [0.05, 0.1) is 80.0 Å². The van der Waals surface area contributed by atoms with Crippen molar-refractivity contribution in [2.45, 2.75) is 128 Å². The standard InChI is InChI=1S/C56H82N4O5/c1-59(2,3)39-23-19-15-11-7-9-13-17-21-25-41-63-53-33-27-47(55(61)43-53)45-57-49-29-35-51(36-30-49)65-52-37-31-50(32-38-52)58-46-48-28-34-54(44-56(48)62)64-42-26-22-18-14-10-8-12-16-20-24-40-60(4,5)6/h27-38,43-46H,7-26,39-42H2,1-6H3/p+2. The molecule has 4 aromatic rings. The van der Waals surface area contributed by atoms with Gasteiger partial charge in [-0.15, -0.1) is 0 Å². The van der Waals surface area contributed by atoms with Crippen molar-refractivity contribution in [2.24, 2.45) is 9.98 Å². The molecular weight excluding hydrogens is 809 g/mol. The molecule has 0 amide bonds. The van der Waals surface area contributed by atoms with Gasteiger partial charge in [-0.2, -0.15) is 0 Å². The maximum absolute atomic E-state index is 10.6. The maximum atomic E-state index is 10.6. The number of unbranched alkanes of at least 4 members (excludes halogenated alkanes) is 18. The van der Waals surface area contributed by atoms with Crippen LogP contribution in [0.1, 0.15) is 140 Å². The molecule has 0 unspecified atom stereocenters. The Morgan fingerprint density at radius 3 is 0.985 bits per heavy atom. The summed E-state index contributed by atoms with van der Waals surface area (Å²) in [6.45, 7) is 3.85. The van der Waals surface area contributed by atoms with Gasteiger partial charge in [0, 0.05) is 35.7 Å². The van der Waals surface area contributed by atoms with Crippen molar-refractivity contribution < 1.29 is 33.4 Å². The van der Waals surface area contributed by atoms with Gasteiger partial charge < -0.3 is 33.4 Å². The lowest BCUT2D eigenvalue weighted by Gasteiger charge is -2.23. The van der Waals surface area contributed by atoms with Crippen molar-refractivity contribution in [2.75, 3.05) is 68.6 Å². The van der Waals surface area contributed by atoms with E-state index in [1.54, 1.807) is 24.6 Å². The lowest BCUT2D eigenvalue weighted by molar-refractivity contribution is -0.870. The van der Waals surface area contributed by atoms with Crippen LogP contribution >= 0.6 is 0 Å². The second-order valence-corrected chi connectivity index (χ2v) is 19.8. The fourth-order valence-electron chi connectivity index (χ4n) is 7.65. The Labute approximate surface area is 393 Å². The molecule has 0 spiro atoms. The zero-order valence-electron chi connectivity index (χ0n) is 41.1. The molecule has 356 valence electrons. The number of phenols is 2. The largest absolute Gasteiger partial charge is 0.507 e. The zero-order valence-corrected chi connectivity index (χ0v) is 41.1. The van der Waals surface area contributed by atoms with Crippen LogP contribution in [0.4, 0.5) is 11.4 Å². The highest BCUT2D eigenvalue weighted by atomic mass is 16.5. The average Bonchev–Trinajstić information content (AvgIpc) is 3.26. The number of benzene rings is 4. The molecule has 0 saturated heterocycles. The van der Waals surface area contributed by atoms with Gasteiger partial charge in [-0.05, 0) is 111 Å². The van der Waals surface area contributed by atoms with Gasteiger partial charge in [-0.25, -0.2) is 0 Å². The number of phenolic OH excluding ortho intramolecular Hbond substituents is 2. The van der Waals surface area contributed by atoms with Gasteiger partial charge in [0.2, 0.25) is 0 Å². The molecule has 4 rings (SSSR count). The first-order chi connectivity index (χ1) is 31.3. The number of aliphatic imine (C=N–C) groups is 2. The van der Waals surface area contributed by atoms with Crippen LogP contribution in [0, 0.1) is 0 Å². The minimum atomic E-state index is 0.139. The summed E-state index contributed by atoms with van der Waals surface area (Å²) in [6.07, 6.45) is 29.0. The molecule has 0 radical (unpaired) electrons. The fraction of sp³-hybridized carbons (Fsp3) is 0.536. The third kappa shape index (κ3) is 24.3. The summed E-state index contributed by atoms with van der Waals surface area (Å²) in [4.78, 5) is 9.09. The van der Waals surface area contributed by atoms with Crippen LogP contribution in [0.15, 0.2) is 94.9 Å². The minimum absolute atomic E-state index is 0.139. The molecule has 0 bridgehead atoms. The summed E-state index contributed by atoms with van der Waals surface area (Å²) in [5.41, 5.74) is 2.73. The highest BCUT2D eigenvalue weighted by Gasteiger charge is 2.08. The Hall–Kier alpha value is -4.86. The van der Waals surface area contributed by atoms with Crippen molar-refractivity contribution in [1.82, 2.24) is 0 Å². The summed E-state index contributed by atoms with van der Waals surface area (Å²) in [7, 11) is 13.6. The number of ether oxygens (including phenoxy) is 3. The van der Waals surface area contributed by atoms with Crippen molar-refractivity contribution >= 4 is 23.8 Å². The lowest BCUT2D eigenvalue weighted by atomic mass is 10.1. The molecule has 4 aromatic carbocycles. The van der Waals surface area contributed by atoms with Crippen molar-refractivity contribution in [1.29, 1.82) is 0 Å². The third-order valence-electron chi connectivity index (χ3n) is 11.6. The highest BCUT2D eigenvalue weighted by Crippen LogP contribution is 2.29. The van der Waals surface area contributed by atoms with Crippen molar-refractivity contribution in [3.63, 3.8) is 0 Å². The Kier molecular flexibility index (Phi) is 24.1. The quantitative estimate of drug-likeness (QED) is 0.0277. The molecule has 9 nitrogen and oxygen atoms in total. The van der Waals surface area contributed by atoms with E-state index in [1.807, 2.05) is 72.8 Å². The SMILES string of the molecule is C[N+](C)(C)CCCCCCCCCCCCOc1ccc(C=Nc2ccc(Oc3ccc(N=Cc4ccc(OCCCCCCCCCCCC[N+](C)(C)C)cc4O)cc3)cc2)c(O)c1. The Bertz CT molecular complexity index is 1810. The van der Waals surface area contributed by atoms with E-state index in [2.05, 4.69) is 52.3 Å². The number of hydrogen-bond acceptors (Lipinski definition) is 7. The normalized spacial score (nSPS) is 12.1. The van der Waals surface area contributed by atoms with Gasteiger partial charge in [0.25, 0.3) is 0 Å². The molecular formula is C56H84N4O5+2. The molecule has 9 heteroatoms. The predicted octanol–water partition coefficient (Wildman–Crippen LogP) is 14.4. The number of hydrogen-bond donors (Lipinski definition) is 2. The monoisotopic (exact) mass is 893 g/mol. The molecule has 65 heavy (non-hydrogen) atoms. The van der Waals surface area contributed by atoms with E-state index in [9.17, 15) is 10.2 Å². The fourth-order valence-corrected chi connectivity index (χ4v) is 7.65. The van der Waals surface area contributed by atoms with E-state index in [0.29, 0.717) is 47.3 Å². The van der Waals surface area contributed by atoms with Crippen LogP contribution in [0.2, 0.25) is 0 Å². The molecule has 2 N–H and O–H groups in total. The lowest BCUT2D eigenvalue weighted by Crippen LogP contribution is -2.35. The summed E-state index contributed by atoms with van der Waals surface area (Å²) < 4.78 is 20.0. The Balaban J connectivity index is 1.06. The summed E-state index contributed by atoms with van der Waals surface area (Å²) in [5, 5.41) is 21.2. The Morgan fingerprint density at radius 1 is 0.385 bits per heavy atom. The van der Waals surface area contributed by atoms with Crippen LogP contribution in [-0.4, -0.2) is 100 Å². The van der Waals surface area contributed by atoms with Crippen LogP contribution in [-0.2, 0) is 0 Å². The predicted molar refractivity (Wildman–Crippen MR) is 273 cm³/mol. The number of nitrogens with zero attached hydrogens (tertiary/aromatic N) is 4. The van der Waals surface area contributed by atoms with Crippen LogP contribution in [0.5, 0.6) is 34.5 Å². The first-order valence-electron chi connectivity index (χ1n) is 24.8. The summed E-state index contributed by atoms with van der Waals surface area (Å²) >= 11 is 0. The average molecular weight is 893 g/mol.